The van der Waals surface area contributed by atoms with Crippen LogP contribution in [0.4, 0.5) is 19.0 Å². The zero-order valence-corrected chi connectivity index (χ0v) is 19.9. The van der Waals surface area contributed by atoms with Crippen LogP contribution in [0.3, 0.4) is 0 Å². The molecule has 1 aliphatic rings. The van der Waals surface area contributed by atoms with E-state index in [-0.39, 0.29) is 13.0 Å². The van der Waals surface area contributed by atoms with Gasteiger partial charge in [-0.2, -0.15) is 18.3 Å². The average molecular weight is 509 g/mol. The molecule has 0 unspecified atom stereocenters. The number of aliphatic carboxylic acids is 1. The fraction of sp³-hybridized carbons (Fsp3) is 0.348. The molecule has 1 aromatic carbocycles. The molecule has 0 spiro atoms. The minimum Gasteiger partial charge on any atom is -0.480 e. The summed E-state index contributed by atoms with van der Waals surface area (Å²) in [5.74, 6) is -0.944. The van der Waals surface area contributed by atoms with Gasteiger partial charge in [-0.15, -0.1) is 0 Å². The number of halogens is 3. The Bertz CT molecular complexity index is 1380. The molecule has 186 valence electrons. The molecule has 0 saturated carbocycles. The normalized spacial score (nSPS) is 18.7. The summed E-state index contributed by atoms with van der Waals surface area (Å²) < 4.78 is 68.8. The van der Waals surface area contributed by atoms with Crippen LogP contribution in [-0.2, 0) is 20.8 Å². The van der Waals surface area contributed by atoms with Crippen molar-refractivity contribution in [2.24, 2.45) is 0 Å². The quantitative estimate of drug-likeness (QED) is 0.560. The Balaban J connectivity index is 1.79. The van der Waals surface area contributed by atoms with Gasteiger partial charge in [-0.25, -0.2) is 17.9 Å². The van der Waals surface area contributed by atoms with Crippen molar-refractivity contribution in [3.8, 4) is 5.69 Å². The van der Waals surface area contributed by atoms with Crippen LogP contribution in [0.2, 0.25) is 0 Å². The Kier molecular flexibility index (Phi) is 6.12. The third-order valence-electron chi connectivity index (χ3n) is 5.90. The second kappa shape index (κ2) is 8.67. The number of carbonyl (C=O) groups is 1. The van der Waals surface area contributed by atoms with Gasteiger partial charge in [0, 0.05) is 24.0 Å². The van der Waals surface area contributed by atoms with Crippen LogP contribution in [0.1, 0.15) is 29.1 Å². The number of anilines is 1. The van der Waals surface area contributed by atoms with Gasteiger partial charge in [0.25, 0.3) is 0 Å². The van der Waals surface area contributed by atoms with Crippen molar-refractivity contribution < 1.29 is 31.5 Å². The monoisotopic (exact) mass is 508 g/mol. The largest absolute Gasteiger partial charge is 0.480 e. The summed E-state index contributed by atoms with van der Waals surface area (Å²) in [7, 11) is -4.51. The first-order valence-electron chi connectivity index (χ1n) is 10.7. The number of benzene rings is 1. The van der Waals surface area contributed by atoms with E-state index >= 15 is 0 Å². The number of sulfone groups is 1. The molecule has 0 radical (unpaired) electrons. The van der Waals surface area contributed by atoms with Crippen LogP contribution in [-0.4, -0.2) is 52.1 Å². The lowest BCUT2D eigenvalue weighted by Crippen LogP contribution is -2.37. The minimum absolute atomic E-state index is 0.306. The number of nitrogens with zero attached hydrogens (tertiary/aromatic N) is 4. The van der Waals surface area contributed by atoms with Crippen LogP contribution in [0, 0.1) is 20.8 Å². The number of carboxylic acid groups (broad SMARTS) is 1. The highest BCUT2D eigenvalue weighted by molar-refractivity contribution is 7.92. The number of aryl methyl sites for hydroxylation is 3. The van der Waals surface area contributed by atoms with E-state index in [0.29, 0.717) is 34.7 Å². The summed E-state index contributed by atoms with van der Waals surface area (Å²) in [6, 6.07) is 7.81. The highest BCUT2D eigenvalue weighted by Gasteiger charge is 2.47. The zero-order chi connectivity index (χ0) is 25.7. The number of pyridine rings is 1. The van der Waals surface area contributed by atoms with Crippen LogP contribution < -0.4 is 4.90 Å². The Morgan fingerprint density at radius 1 is 1.06 bits per heavy atom. The van der Waals surface area contributed by atoms with Crippen molar-refractivity contribution in [3.63, 3.8) is 0 Å². The SMILES string of the molecule is Cc1cc(-n2nc(C)cc2N2C[C@H](S(=O)(=O)c3ccccc3C(F)(F)F)C[C@H]2C(=O)O)cc(C)n1. The summed E-state index contributed by atoms with van der Waals surface area (Å²) in [6.45, 7) is 4.99. The highest BCUT2D eigenvalue weighted by atomic mass is 32.2. The predicted octanol–water partition coefficient (Wildman–Crippen LogP) is 3.72. The minimum atomic E-state index is -4.87. The van der Waals surface area contributed by atoms with E-state index in [1.165, 1.54) is 15.6 Å². The molecule has 3 heterocycles. The molecule has 3 aromatic rings. The molecular weight excluding hydrogens is 485 g/mol. The Hall–Kier alpha value is -3.41. The molecule has 4 rings (SSSR count). The smallest absolute Gasteiger partial charge is 0.417 e. The van der Waals surface area contributed by atoms with Gasteiger partial charge in [-0.05, 0) is 51.5 Å². The van der Waals surface area contributed by atoms with E-state index in [9.17, 15) is 31.5 Å². The predicted molar refractivity (Wildman–Crippen MR) is 121 cm³/mol. The maximum atomic E-state index is 13.5. The van der Waals surface area contributed by atoms with Gasteiger partial charge in [-0.3, -0.25) is 4.98 Å². The van der Waals surface area contributed by atoms with Crippen LogP contribution in [0.25, 0.3) is 5.69 Å². The molecule has 8 nitrogen and oxygen atoms in total. The first kappa shape index (κ1) is 24.7. The summed E-state index contributed by atoms with van der Waals surface area (Å²) >= 11 is 0. The van der Waals surface area contributed by atoms with Crippen LogP contribution in [0.5, 0.6) is 0 Å². The third kappa shape index (κ3) is 4.62. The van der Waals surface area contributed by atoms with Crippen LogP contribution in [0.15, 0.2) is 47.4 Å². The van der Waals surface area contributed by atoms with Gasteiger partial charge in [0.05, 0.1) is 27.1 Å². The first-order chi connectivity index (χ1) is 16.3. The molecule has 1 aliphatic heterocycles. The number of hydrogen-bond acceptors (Lipinski definition) is 6. The molecule has 2 atom stereocenters. The standard InChI is InChI=1S/C23H23F3N4O4S/c1-13-8-16(9-14(2)27-13)30-21(10-15(3)28-30)29-12-17(11-19(29)22(31)32)35(33,34)20-7-5-4-6-18(20)23(24,25)26/h4-10,17,19H,11-12H2,1-3H3,(H,31,32)/t17-,19+/m1/s1. The van der Waals surface area contributed by atoms with E-state index in [4.69, 9.17) is 0 Å². The van der Waals surface area contributed by atoms with Crippen molar-refractivity contribution >= 4 is 21.6 Å². The van der Waals surface area contributed by atoms with Gasteiger partial charge >= 0.3 is 12.1 Å². The fourth-order valence-electron chi connectivity index (χ4n) is 4.45. The number of aromatic nitrogens is 3. The summed E-state index contributed by atoms with van der Waals surface area (Å²) in [4.78, 5) is 17.0. The van der Waals surface area contributed by atoms with Crippen molar-refractivity contribution in [2.45, 2.75) is 49.6 Å². The van der Waals surface area contributed by atoms with Crippen molar-refractivity contribution in [3.05, 3.63) is 65.1 Å². The Labute approximate surface area is 199 Å². The van der Waals surface area contributed by atoms with Gasteiger partial charge in [-0.1, -0.05) is 12.1 Å². The van der Waals surface area contributed by atoms with Crippen molar-refractivity contribution in [2.75, 3.05) is 11.4 Å². The maximum absolute atomic E-state index is 13.5. The van der Waals surface area contributed by atoms with Gasteiger partial charge < -0.3 is 10.0 Å². The molecule has 0 amide bonds. The second-order valence-corrected chi connectivity index (χ2v) is 10.8. The fourth-order valence-corrected chi connectivity index (χ4v) is 6.36. The maximum Gasteiger partial charge on any atom is 0.417 e. The summed E-state index contributed by atoms with van der Waals surface area (Å²) in [5.41, 5.74) is 1.31. The number of rotatable bonds is 5. The molecule has 2 aromatic heterocycles. The third-order valence-corrected chi connectivity index (χ3v) is 8.09. The van der Waals surface area contributed by atoms with E-state index in [0.717, 1.165) is 12.1 Å². The average Bonchev–Trinajstić information content (AvgIpc) is 3.37. The Morgan fingerprint density at radius 2 is 1.69 bits per heavy atom. The molecule has 12 heteroatoms. The molecule has 1 fully saturated rings. The highest BCUT2D eigenvalue weighted by Crippen LogP contribution is 2.39. The molecule has 1 N–H and O–H groups in total. The topological polar surface area (TPSA) is 105 Å². The lowest BCUT2D eigenvalue weighted by atomic mass is 10.2. The Morgan fingerprint density at radius 3 is 2.29 bits per heavy atom. The molecule has 35 heavy (non-hydrogen) atoms. The van der Waals surface area contributed by atoms with Gasteiger partial charge in [0.1, 0.15) is 11.9 Å². The molecule has 1 saturated heterocycles. The first-order valence-corrected chi connectivity index (χ1v) is 12.3. The summed E-state index contributed by atoms with van der Waals surface area (Å²) in [6.07, 6.45) is -5.25. The summed E-state index contributed by atoms with van der Waals surface area (Å²) in [5, 5.41) is 13.0. The van der Waals surface area contributed by atoms with E-state index in [1.54, 1.807) is 39.0 Å². The number of carboxylic acids is 1. The number of alkyl halides is 3. The lowest BCUT2D eigenvalue weighted by Gasteiger charge is -2.24. The van der Waals surface area contributed by atoms with E-state index < -0.39 is 43.7 Å². The zero-order valence-electron chi connectivity index (χ0n) is 19.1. The molecular formula is C23H23F3N4O4S. The van der Waals surface area contributed by atoms with Crippen molar-refractivity contribution in [1.82, 2.24) is 14.8 Å². The molecule has 0 aliphatic carbocycles. The molecule has 0 bridgehead atoms. The van der Waals surface area contributed by atoms with E-state index in [2.05, 4.69) is 10.1 Å². The lowest BCUT2D eigenvalue weighted by molar-refractivity contribution is -0.140. The van der Waals surface area contributed by atoms with Crippen molar-refractivity contribution in [1.29, 1.82) is 0 Å². The van der Waals surface area contributed by atoms with Gasteiger partial charge in [0.2, 0.25) is 0 Å². The van der Waals surface area contributed by atoms with Gasteiger partial charge in [0.15, 0.2) is 9.84 Å². The van der Waals surface area contributed by atoms with Crippen LogP contribution >= 0.6 is 0 Å². The van der Waals surface area contributed by atoms with E-state index in [1.807, 2.05) is 0 Å². The second-order valence-electron chi connectivity index (χ2n) is 8.57. The number of hydrogen-bond donors (Lipinski definition) is 1.